The van der Waals surface area contributed by atoms with Crippen molar-refractivity contribution >= 4 is 40.6 Å². The lowest BCUT2D eigenvalue weighted by molar-refractivity contribution is -0.384. The predicted octanol–water partition coefficient (Wildman–Crippen LogP) is 4.27. The van der Waals surface area contributed by atoms with Crippen molar-refractivity contribution in [3.63, 3.8) is 0 Å². The van der Waals surface area contributed by atoms with Gasteiger partial charge in [0.25, 0.3) is 5.69 Å². The number of hydrogen-bond acceptors (Lipinski definition) is 6. The molecule has 0 radical (unpaired) electrons. The monoisotopic (exact) mass is 418 g/mol. The number of amides is 1. The van der Waals surface area contributed by atoms with Gasteiger partial charge in [-0.3, -0.25) is 19.7 Å². The minimum atomic E-state index is -0.868. The Balaban J connectivity index is 1.98. The highest BCUT2D eigenvalue weighted by atomic mass is 35.5. The van der Waals surface area contributed by atoms with Gasteiger partial charge < -0.3 is 10.1 Å². The first-order valence-electron chi connectivity index (χ1n) is 8.55. The third-order valence-corrected chi connectivity index (χ3v) is 4.18. The fraction of sp³-hybridized carbons (Fsp3) is 0.250. The third-order valence-electron chi connectivity index (χ3n) is 3.86. The quantitative estimate of drug-likeness (QED) is 0.324. The first-order valence-corrected chi connectivity index (χ1v) is 8.92. The standard InChI is InChI=1S/C20H19ClN2O6/c1-20(2,3)19(26)22-13-6-4-12(5-7-13)17(24)11-29-18(25)15-9-8-14(23(27)28)10-16(15)21/h4-10H,11H2,1-3H3,(H,22,26). The number of hydrogen-bond donors (Lipinski definition) is 1. The summed E-state index contributed by atoms with van der Waals surface area (Å²) in [6, 6.07) is 9.48. The van der Waals surface area contributed by atoms with E-state index in [1.165, 1.54) is 18.2 Å². The number of Topliss-reactive ketones (excluding diaryl/α,β-unsaturated/α-hetero) is 1. The molecule has 0 aliphatic heterocycles. The first kappa shape index (κ1) is 22.0. The van der Waals surface area contributed by atoms with Gasteiger partial charge in [-0.2, -0.15) is 0 Å². The maximum atomic E-state index is 12.2. The van der Waals surface area contributed by atoms with Crippen molar-refractivity contribution in [3.8, 4) is 0 Å². The second-order valence-corrected chi connectivity index (χ2v) is 7.61. The molecule has 0 fully saturated rings. The molecule has 0 spiro atoms. The molecule has 1 amide bonds. The Morgan fingerprint density at radius 2 is 1.72 bits per heavy atom. The molecule has 0 bridgehead atoms. The van der Waals surface area contributed by atoms with Gasteiger partial charge in [0.1, 0.15) is 0 Å². The van der Waals surface area contributed by atoms with Crippen molar-refractivity contribution in [2.45, 2.75) is 20.8 Å². The lowest BCUT2D eigenvalue weighted by Crippen LogP contribution is -2.27. The van der Waals surface area contributed by atoms with Gasteiger partial charge in [0, 0.05) is 28.8 Å². The number of non-ortho nitro benzene ring substituents is 1. The zero-order chi connectivity index (χ0) is 21.8. The Hall–Kier alpha value is -3.26. The van der Waals surface area contributed by atoms with Crippen LogP contribution in [-0.2, 0) is 9.53 Å². The largest absolute Gasteiger partial charge is 0.454 e. The number of esters is 1. The lowest BCUT2D eigenvalue weighted by atomic mass is 9.95. The smallest absolute Gasteiger partial charge is 0.340 e. The topological polar surface area (TPSA) is 116 Å². The van der Waals surface area contributed by atoms with Crippen molar-refractivity contribution in [2.75, 3.05) is 11.9 Å². The highest BCUT2D eigenvalue weighted by Gasteiger charge is 2.21. The summed E-state index contributed by atoms with van der Waals surface area (Å²) in [5, 5.41) is 13.3. The summed E-state index contributed by atoms with van der Waals surface area (Å²) in [5.41, 5.74) is -0.0639. The summed E-state index contributed by atoms with van der Waals surface area (Å²) in [5.74, 6) is -1.48. The van der Waals surface area contributed by atoms with Crippen LogP contribution in [0, 0.1) is 15.5 Å². The van der Waals surface area contributed by atoms with Crippen molar-refractivity contribution in [2.24, 2.45) is 5.41 Å². The second kappa shape index (κ2) is 8.83. The van der Waals surface area contributed by atoms with Gasteiger partial charge in [0.2, 0.25) is 5.91 Å². The Morgan fingerprint density at radius 1 is 1.10 bits per heavy atom. The number of carbonyl (C=O) groups excluding carboxylic acids is 3. The van der Waals surface area contributed by atoms with Gasteiger partial charge in [-0.1, -0.05) is 32.4 Å². The van der Waals surface area contributed by atoms with E-state index in [1.807, 2.05) is 0 Å². The molecular weight excluding hydrogens is 400 g/mol. The molecule has 29 heavy (non-hydrogen) atoms. The van der Waals surface area contributed by atoms with Crippen LogP contribution in [0.5, 0.6) is 0 Å². The summed E-state index contributed by atoms with van der Waals surface area (Å²) < 4.78 is 4.95. The molecule has 1 N–H and O–H groups in total. The number of nitro benzene ring substituents is 1. The van der Waals surface area contributed by atoms with Crippen molar-refractivity contribution in [1.29, 1.82) is 0 Å². The number of nitrogens with zero attached hydrogens (tertiary/aromatic N) is 1. The molecule has 2 rings (SSSR count). The van der Waals surface area contributed by atoms with Gasteiger partial charge in [0.15, 0.2) is 12.4 Å². The zero-order valence-corrected chi connectivity index (χ0v) is 16.8. The number of nitro groups is 1. The minimum absolute atomic E-state index is 0.0784. The Bertz CT molecular complexity index is 964. The molecule has 0 atom stereocenters. The van der Waals surface area contributed by atoms with Crippen LogP contribution in [-0.4, -0.2) is 29.2 Å². The van der Waals surface area contributed by atoms with Gasteiger partial charge in [-0.15, -0.1) is 0 Å². The van der Waals surface area contributed by atoms with E-state index in [2.05, 4.69) is 5.32 Å². The van der Waals surface area contributed by atoms with Crippen molar-refractivity contribution < 1.29 is 24.0 Å². The van der Waals surface area contributed by atoms with Crippen LogP contribution < -0.4 is 5.32 Å². The number of nitrogens with one attached hydrogen (secondary N) is 1. The van der Waals surface area contributed by atoms with Crippen LogP contribution in [0.15, 0.2) is 42.5 Å². The van der Waals surface area contributed by atoms with Gasteiger partial charge >= 0.3 is 5.97 Å². The molecule has 2 aromatic rings. The molecule has 0 saturated heterocycles. The van der Waals surface area contributed by atoms with E-state index in [9.17, 15) is 24.5 Å². The molecule has 8 nitrogen and oxygen atoms in total. The fourth-order valence-corrected chi connectivity index (χ4v) is 2.39. The number of ketones is 1. The summed E-state index contributed by atoms with van der Waals surface area (Å²) in [6.45, 7) is 4.82. The van der Waals surface area contributed by atoms with E-state index in [4.69, 9.17) is 16.3 Å². The molecule has 0 aliphatic rings. The zero-order valence-electron chi connectivity index (χ0n) is 16.0. The minimum Gasteiger partial charge on any atom is -0.454 e. The van der Waals surface area contributed by atoms with Gasteiger partial charge in [-0.05, 0) is 30.3 Å². The maximum absolute atomic E-state index is 12.2. The average Bonchev–Trinajstić information content (AvgIpc) is 2.65. The van der Waals surface area contributed by atoms with E-state index in [0.29, 0.717) is 11.3 Å². The van der Waals surface area contributed by atoms with E-state index in [0.717, 1.165) is 12.1 Å². The van der Waals surface area contributed by atoms with Gasteiger partial charge in [0.05, 0.1) is 15.5 Å². The SMILES string of the molecule is CC(C)(C)C(=O)Nc1ccc(C(=O)COC(=O)c2ccc([N+](=O)[O-])cc2Cl)cc1. The summed E-state index contributed by atoms with van der Waals surface area (Å²) in [6.07, 6.45) is 0. The Labute approximate surface area is 172 Å². The van der Waals surface area contributed by atoms with Crippen LogP contribution in [0.2, 0.25) is 5.02 Å². The molecule has 9 heteroatoms. The van der Waals surface area contributed by atoms with Crippen molar-refractivity contribution in [1.82, 2.24) is 0 Å². The normalized spacial score (nSPS) is 10.9. The summed E-state index contributed by atoms with van der Waals surface area (Å²) in [4.78, 5) is 46.3. The molecule has 0 saturated carbocycles. The fourth-order valence-electron chi connectivity index (χ4n) is 2.13. The van der Waals surface area contributed by atoms with Crippen LogP contribution in [0.25, 0.3) is 0 Å². The van der Waals surface area contributed by atoms with E-state index in [1.54, 1.807) is 32.9 Å². The summed E-state index contributed by atoms with van der Waals surface area (Å²) >= 11 is 5.87. The number of halogens is 1. The number of rotatable bonds is 6. The Kier molecular flexibility index (Phi) is 6.71. The molecule has 0 heterocycles. The molecule has 0 aliphatic carbocycles. The van der Waals surface area contributed by atoms with E-state index < -0.39 is 28.7 Å². The molecule has 0 unspecified atom stereocenters. The summed E-state index contributed by atoms with van der Waals surface area (Å²) in [7, 11) is 0. The van der Waals surface area contributed by atoms with E-state index in [-0.39, 0.29) is 22.2 Å². The molecule has 2 aromatic carbocycles. The number of ether oxygens (including phenoxy) is 1. The number of carbonyl (C=O) groups is 3. The van der Waals surface area contributed by atoms with Crippen LogP contribution >= 0.6 is 11.6 Å². The predicted molar refractivity (Wildman–Crippen MR) is 107 cm³/mol. The number of anilines is 1. The highest BCUT2D eigenvalue weighted by Crippen LogP contribution is 2.23. The molecule has 0 aromatic heterocycles. The van der Waals surface area contributed by atoms with Gasteiger partial charge in [-0.25, -0.2) is 4.79 Å². The maximum Gasteiger partial charge on any atom is 0.340 e. The number of benzene rings is 2. The Morgan fingerprint density at radius 3 is 2.24 bits per heavy atom. The van der Waals surface area contributed by atoms with Crippen LogP contribution in [0.1, 0.15) is 41.5 Å². The second-order valence-electron chi connectivity index (χ2n) is 7.20. The first-order chi connectivity index (χ1) is 13.5. The van der Waals surface area contributed by atoms with Crippen molar-refractivity contribution in [3.05, 3.63) is 68.7 Å². The molecular formula is C20H19ClN2O6. The molecule has 152 valence electrons. The lowest BCUT2D eigenvalue weighted by Gasteiger charge is -2.17. The highest BCUT2D eigenvalue weighted by molar-refractivity contribution is 6.33. The third kappa shape index (κ3) is 5.86. The van der Waals surface area contributed by atoms with E-state index >= 15 is 0 Å². The van der Waals surface area contributed by atoms with Crippen LogP contribution in [0.4, 0.5) is 11.4 Å². The van der Waals surface area contributed by atoms with Crippen LogP contribution in [0.3, 0.4) is 0 Å². The average molecular weight is 419 g/mol.